The van der Waals surface area contributed by atoms with Crippen LogP contribution in [0.2, 0.25) is 0 Å². The second-order valence-electron chi connectivity index (χ2n) is 9.54. The molecule has 4 N–H and O–H groups in total. The molecule has 0 unspecified atom stereocenters. The maximum atomic E-state index is 11.1. The van der Waals surface area contributed by atoms with Gasteiger partial charge in [-0.3, -0.25) is 10.2 Å². The van der Waals surface area contributed by atoms with E-state index < -0.39 is 0 Å². The van der Waals surface area contributed by atoms with E-state index >= 15 is 0 Å². The molecule has 234 valence electrons. The van der Waals surface area contributed by atoms with Crippen molar-refractivity contribution in [1.29, 1.82) is 0 Å². The van der Waals surface area contributed by atoms with Crippen molar-refractivity contribution in [3.05, 3.63) is 107 Å². The minimum atomic E-state index is -0.180. The number of hydrogen-bond donors (Lipinski definition) is 4. The zero-order valence-electron chi connectivity index (χ0n) is 24.4. The Balaban J connectivity index is 0.00000240. The summed E-state index contributed by atoms with van der Waals surface area (Å²) in [7, 11) is 2.87. The van der Waals surface area contributed by atoms with E-state index in [1.54, 1.807) is 36.7 Å². The standard InChI is InChI=1S/C32H26N8O4.2ClH/c1-43-27-13-19(15-33-37-31-23-9-5-3-7-21(23)17-35-39-31)11-25(29(27)41)26-12-20(14-28(44-2)30(26)42)16-34-38-32-24-10-6-4-8-22(24)18-36-40-32;;/h3-18,41-42H,1-2H3,(H,37,39)(H,38,40);2*1H/b33-15+,34-16+;;. The summed E-state index contributed by atoms with van der Waals surface area (Å²) in [5.74, 6) is -0.0102. The monoisotopic (exact) mass is 658 g/mol. The summed E-state index contributed by atoms with van der Waals surface area (Å²) in [5, 5.41) is 56.7. The number of fused-ring (bicyclic) bond motifs is 2. The van der Waals surface area contributed by atoms with Crippen LogP contribution in [0.5, 0.6) is 23.0 Å². The van der Waals surface area contributed by atoms with Gasteiger partial charge in [0.15, 0.2) is 34.0 Å². The van der Waals surface area contributed by atoms with Crippen LogP contribution >= 0.6 is 24.8 Å². The topological polar surface area (TPSA) is 166 Å². The lowest BCUT2D eigenvalue weighted by Crippen LogP contribution is -2.09. The van der Waals surface area contributed by atoms with Gasteiger partial charge < -0.3 is 19.7 Å². The summed E-state index contributed by atoms with van der Waals surface area (Å²) in [6, 6.07) is 21.9. The lowest BCUT2D eigenvalue weighted by atomic mass is 9.98. The first-order valence-corrected chi connectivity index (χ1v) is 13.4. The fourth-order valence-corrected chi connectivity index (χ4v) is 4.69. The first-order chi connectivity index (χ1) is 21.6. The zero-order chi connectivity index (χ0) is 30.5. The molecular weight excluding hydrogens is 631 g/mol. The number of phenolic OH excluding ortho intramolecular Hbond substituents is 2. The molecule has 46 heavy (non-hydrogen) atoms. The number of halogens is 2. The minimum absolute atomic E-state index is 0. The van der Waals surface area contributed by atoms with E-state index in [2.05, 4.69) is 40.8 Å². The molecule has 2 aromatic heterocycles. The number of phenols is 2. The van der Waals surface area contributed by atoms with Crippen LogP contribution in [-0.4, -0.2) is 57.3 Å². The molecule has 0 amide bonds. The number of aromatic amines is 2. The van der Waals surface area contributed by atoms with Crippen LogP contribution in [0.3, 0.4) is 0 Å². The second-order valence-corrected chi connectivity index (χ2v) is 9.54. The normalized spacial score (nSPS) is 12.0. The molecule has 0 saturated heterocycles. The van der Waals surface area contributed by atoms with Gasteiger partial charge in [-0.1, -0.05) is 48.5 Å². The molecule has 0 fully saturated rings. The lowest BCUT2D eigenvalue weighted by molar-refractivity contribution is 0.371. The quantitative estimate of drug-likeness (QED) is 0.135. The average Bonchev–Trinajstić information content (AvgIpc) is 3.06. The van der Waals surface area contributed by atoms with E-state index in [4.69, 9.17) is 9.47 Å². The zero-order valence-corrected chi connectivity index (χ0v) is 26.1. The Hall–Kier alpha value is -5.72. The second kappa shape index (κ2) is 14.8. The van der Waals surface area contributed by atoms with E-state index in [9.17, 15) is 10.2 Å². The van der Waals surface area contributed by atoms with Gasteiger partial charge in [0.2, 0.25) is 0 Å². The van der Waals surface area contributed by atoms with E-state index in [-0.39, 0.29) is 58.9 Å². The van der Waals surface area contributed by atoms with Crippen LogP contribution < -0.4 is 20.4 Å². The van der Waals surface area contributed by atoms with E-state index in [0.717, 1.165) is 21.5 Å². The molecule has 0 bridgehead atoms. The van der Waals surface area contributed by atoms with Crippen LogP contribution in [-0.2, 0) is 0 Å². The molecule has 4 aromatic carbocycles. The first kappa shape index (κ1) is 33.2. The van der Waals surface area contributed by atoms with Gasteiger partial charge in [-0.2, -0.15) is 20.4 Å². The largest absolute Gasteiger partial charge is 0.504 e. The predicted molar refractivity (Wildman–Crippen MR) is 181 cm³/mol. The SMILES string of the molecule is COc1cc(/C=N/N=c2\[nH]ncc3ccccc23)cc(-c2cc(/C=N/N=c3/[nH]ncc4ccccc34)cc(OC)c2O)c1O.Cl.Cl. The Morgan fingerprint density at radius 2 is 1.04 bits per heavy atom. The van der Waals surface area contributed by atoms with E-state index in [1.807, 2.05) is 48.5 Å². The Bertz CT molecular complexity index is 2050. The van der Waals surface area contributed by atoms with Crippen molar-refractivity contribution in [2.24, 2.45) is 20.4 Å². The Morgan fingerprint density at radius 1 is 0.630 bits per heavy atom. The Kier molecular flexibility index (Phi) is 10.7. The summed E-state index contributed by atoms with van der Waals surface area (Å²) in [6.45, 7) is 0. The van der Waals surface area contributed by atoms with Crippen LogP contribution in [0, 0.1) is 0 Å². The molecule has 14 heteroatoms. The van der Waals surface area contributed by atoms with E-state index in [1.165, 1.54) is 26.6 Å². The van der Waals surface area contributed by atoms with Crippen LogP contribution in [0.25, 0.3) is 32.7 Å². The number of hydrogen-bond acceptors (Lipinski definition) is 10. The average molecular weight is 660 g/mol. The van der Waals surface area contributed by atoms with Gasteiger partial charge in [-0.05, 0) is 35.4 Å². The third-order valence-electron chi connectivity index (χ3n) is 6.83. The van der Waals surface area contributed by atoms with Gasteiger partial charge in [0.25, 0.3) is 0 Å². The van der Waals surface area contributed by atoms with Crippen molar-refractivity contribution in [3.63, 3.8) is 0 Å². The summed E-state index contributed by atoms with van der Waals surface area (Å²) in [5.41, 5.74) is 2.64. The van der Waals surface area contributed by atoms with Crippen LogP contribution in [0.1, 0.15) is 11.1 Å². The highest BCUT2D eigenvalue weighted by molar-refractivity contribution is 5.91. The first-order valence-electron chi connectivity index (χ1n) is 13.4. The highest BCUT2D eigenvalue weighted by Crippen LogP contribution is 2.45. The molecule has 2 heterocycles. The molecule has 12 nitrogen and oxygen atoms in total. The molecule has 0 aliphatic carbocycles. The smallest absolute Gasteiger partial charge is 0.176 e. The third-order valence-corrected chi connectivity index (χ3v) is 6.83. The van der Waals surface area contributed by atoms with Crippen molar-refractivity contribution < 1.29 is 19.7 Å². The van der Waals surface area contributed by atoms with Gasteiger partial charge in [0.1, 0.15) is 0 Å². The number of ether oxygens (including phenoxy) is 2. The maximum absolute atomic E-state index is 11.1. The molecule has 0 saturated carbocycles. The van der Waals surface area contributed by atoms with Gasteiger partial charge in [0.05, 0.1) is 39.0 Å². The number of methoxy groups -OCH3 is 2. The summed E-state index contributed by atoms with van der Waals surface area (Å²) in [6.07, 6.45) is 6.44. The van der Waals surface area contributed by atoms with Crippen LogP contribution in [0.15, 0.2) is 106 Å². The summed E-state index contributed by atoms with van der Waals surface area (Å²) >= 11 is 0. The number of H-pyrrole nitrogens is 2. The van der Waals surface area contributed by atoms with Crippen molar-refractivity contribution in [2.45, 2.75) is 0 Å². The predicted octanol–water partition coefficient (Wildman–Crippen LogP) is 5.25. The van der Waals surface area contributed by atoms with Gasteiger partial charge in [-0.15, -0.1) is 35.0 Å². The van der Waals surface area contributed by atoms with Crippen LogP contribution in [0.4, 0.5) is 0 Å². The maximum Gasteiger partial charge on any atom is 0.176 e. The molecule has 6 rings (SSSR count). The number of benzene rings is 4. The Morgan fingerprint density at radius 3 is 1.46 bits per heavy atom. The minimum Gasteiger partial charge on any atom is -0.504 e. The molecule has 0 aliphatic heterocycles. The number of aromatic nitrogens is 4. The molecule has 0 atom stereocenters. The molecule has 0 radical (unpaired) electrons. The number of nitrogens with one attached hydrogen (secondary N) is 2. The fraction of sp³-hybridized carbons (Fsp3) is 0.0625. The molecular formula is C32H28Cl2N8O4. The number of nitrogens with zero attached hydrogens (tertiary/aromatic N) is 6. The molecule has 0 aliphatic rings. The number of rotatable bonds is 7. The highest BCUT2D eigenvalue weighted by Gasteiger charge is 2.19. The van der Waals surface area contributed by atoms with Gasteiger partial charge >= 0.3 is 0 Å². The van der Waals surface area contributed by atoms with Crippen molar-refractivity contribution in [1.82, 2.24) is 20.4 Å². The third kappa shape index (κ3) is 6.83. The van der Waals surface area contributed by atoms with Crippen molar-refractivity contribution in [3.8, 4) is 34.1 Å². The van der Waals surface area contributed by atoms with Crippen molar-refractivity contribution in [2.75, 3.05) is 14.2 Å². The number of aromatic hydroxyl groups is 2. The Labute approximate surface area is 274 Å². The lowest BCUT2D eigenvalue weighted by Gasteiger charge is -2.14. The van der Waals surface area contributed by atoms with Gasteiger partial charge in [-0.25, -0.2) is 0 Å². The fourth-order valence-electron chi connectivity index (χ4n) is 4.69. The highest BCUT2D eigenvalue weighted by atomic mass is 35.5. The van der Waals surface area contributed by atoms with Crippen molar-refractivity contribution >= 4 is 58.8 Å². The van der Waals surface area contributed by atoms with Gasteiger partial charge in [0, 0.05) is 32.7 Å². The molecule has 0 spiro atoms. The van der Waals surface area contributed by atoms with E-state index in [0.29, 0.717) is 22.1 Å². The summed E-state index contributed by atoms with van der Waals surface area (Å²) in [4.78, 5) is 0. The molecule has 6 aromatic rings. The summed E-state index contributed by atoms with van der Waals surface area (Å²) < 4.78 is 10.8.